The van der Waals surface area contributed by atoms with Gasteiger partial charge in [-0.05, 0) is 71.9 Å². The highest BCUT2D eigenvalue weighted by Gasteiger charge is 2.24. The summed E-state index contributed by atoms with van der Waals surface area (Å²) >= 11 is 1.91. The standard InChI is InChI=1S/C37H26N2S/c38-23-26-21-24(17-19-27(26)25-18-20-37-32(22-25)31-12-4-8-16-36(31)40-37)28-9-1-5-13-33(28)39-34-14-6-2-10-29(34)30-11-3-7-15-35(30)39/h1-7,9-15,17-20,22,26H,8,16,21H2. The Morgan fingerprint density at radius 2 is 1.55 bits per heavy atom. The Morgan fingerprint density at radius 1 is 0.800 bits per heavy atom. The van der Waals surface area contributed by atoms with Crippen molar-refractivity contribution in [1.29, 1.82) is 5.26 Å². The molecule has 2 aliphatic rings. The van der Waals surface area contributed by atoms with Crippen molar-refractivity contribution >= 4 is 60.5 Å². The molecule has 3 heteroatoms. The van der Waals surface area contributed by atoms with Crippen molar-refractivity contribution in [1.82, 2.24) is 4.57 Å². The molecule has 1 atom stereocenters. The number of hydrogen-bond acceptors (Lipinski definition) is 2. The van der Waals surface area contributed by atoms with Gasteiger partial charge in [0.2, 0.25) is 0 Å². The highest BCUT2D eigenvalue weighted by Crippen LogP contribution is 2.42. The third-order valence-electron chi connectivity index (χ3n) is 8.45. The van der Waals surface area contributed by atoms with Crippen LogP contribution in [0.2, 0.25) is 0 Å². The molecule has 0 saturated carbocycles. The zero-order valence-corrected chi connectivity index (χ0v) is 22.8. The van der Waals surface area contributed by atoms with Gasteiger partial charge in [0.1, 0.15) is 0 Å². The highest BCUT2D eigenvalue weighted by atomic mass is 32.1. The number of thiophene rings is 1. The number of nitriles is 1. The van der Waals surface area contributed by atoms with E-state index >= 15 is 0 Å². The van der Waals surface area contributed by atoms with Crippen molar-refractivity contribution in [3.8, 4) is 11.8 Å². The summed E-state index contributed by atoms with van der Waals surface area (Å²) < 4.78 is 3.71. The molecule has 8 rings (SSSR count). The van der Waals surface area contributed by atoms with Gasteiger partial charge in [-0.2, -0.15) is 5.26 Å². The van der Waals surface area contributed by atoms with E-state index < -0.39 is 0 Å². The van der Waals surface area contributed by atoms with Gasteiger partial charge in [0.25, 0.3) is 0 Å². The zero-order valence-electron chi connectivity index (χ0n) is 22.0. The lowest BCUT2D eigenvalue weighted by Crippen LogP contribution is -2.08. The van der Waals surface area contributed by atoms with Crippen LogP contribution in [-0.2, 0) is 6.42 Å². The minimum absolute atomic E-state index is 0.200. The molecule has 0 radical (unpaired) electrons. The minimum atomic E-state index is -0.200. The van der Waals surface area contributed by atoms with E-state index in [0.29, 0.717) is 6.42 Å². The second-order valence-electron chi connectivity index (χ2n) is 10.7. The van der Waals surface area contributed by atoms with E-state index in [2.05, 4.69) is 126 Å². The SMILES string of the molecule is N#CC1CC(c2ccccc2-n2c3ccccc3c3ccccc32)=CC=C1c1ccc2sc3c(c2c1)C=CCC3. The Morgan fingerprint density at radius 3 is 2.35 bits per heavy atom. The van der Waals surface area contributed by atoms with Crippen LogP contribution in [0.3, 0.4) is 0 Å². The van der Waals surface area contributed by atoms with E-state index in [-0.39, 0.29) is 5.92 Å². The molecule has 0 saturated heterocycles. The van der Waals surface area contributed by atoms with E-state index in [1.54, 1.807) is 0 Å². The molecule has 1 unspecified atom stereocenters. The molecule has 2 heterocycles. The second kappa shape index (κ2) is 9.23. The summed E-state index contributed by atoms with van der Waals surface area (Å²) in [5.74, 6) is -0.200. The normalized spacial score (nSPS) is 16.6. The fraction of sp³-hybridized carbons (Fsp3) is 0.108. The van der Waals surface area contributed by atoms with Gasteiger partial charge in [-0.15, -0.1) is 11.3 Å². The number of allylic oxidation sites excluding steroid dienone is 5. The van der Waals surface area contributed by atoms with Crippen LogP contribution in [0.4, 0.5) is 0 Å². The third kappa shape index (κ3) is 3.54. The maximum absolute atomic E-state index is 10.4. The van der Waals surface area contributed by atoms with Crippen molar-refractivity contribution in [2.24, 2.45) is 5.92 Å². The summed E-state index contributed by atoms with van der Waals surface area (Å²) in [6, 6.07) is 35.3. The van der Waals surface area contributed by atoms with Gasteiger partial charge < -0.3 is 4.57 Å². The lowest BCUT2D eigenvalue weighted by atomic mass is 9.81. The van der Waals surface area contributed by atoms with E-state index in [4.69, 9.17) is 0 Å². The Balaban J connectivity index is 1.27. The van der Waals surface area contributed by atoms with Gasteiger partial charge in [0.05, 0.1) is 28.7 Å². The highest BCUT2D eigenvalue weighted by molar-refractivity contribution is 7.19. The van der Waals surface area contributed by atoms with Crippen LogP contribution in [0.1, 0.15) is 34.4 Å². The summed E-state index contributed by atoms with van der Waals surface area (Å²) in [7, 11) is 0. The van der Waals surface area contributed by atoms with Crippen LogP contribution < -0.4 is 0 Å². The van der Waals surface area contributed by atoms with Crippen LogP contribution in [0, 0.1) is 17.2 Å². The van der Waals surface area contributed by atoms with Crippen LogP contribution in [0.15, 0.2) is 109 Å². The van der Waals surface area contributed by atoms with E-state index in [9.17, 15) is 5.26 Å². The number of nitrogens with zero attached hydrogens (tertiary/aromatic N) is 2. The first kappa shape index (κ1) is 23.3. The topological polar surface area (TPSA) is 28.7 Å². The Labute approximate surface area is 237 Å². The predicted octanol–water partition coefficient (Wildman–Crippen LogP) is 9.97. The van der Waals surface area contributed by atoms with Crippen LogP contribution >= 0.6 is 11.3 Å². The van der Waals surface area contributed by atoms with Gasteiger partial charge in [-0.3, -0.25) is 0 Å². The largest absolute Gasteiger partial charge is 0.309 e. The number of fused-ring (bicyclic) bond motifs is 6. The Bertz CT molecular complexity index is 2050. The first-order valence-electron chi connectivity index (χ1n) is 13.9. The fourth-order valence-corrected chi connectivity index (χ4v) is 7.76. The molecule has 2 nitrogen and oxygen atoms in total. The van der Waals surface area contributed by atoms with Crippen LogP contribution in [-0.4, -0.2) is 4.57 Å². The van der Waals surface area contributed by atoms with Crippen molar-refractivity contribution in [2.45, 2.75) is 19.3 Å². The summed E-state index contributed by atoms with van der Waals surface area (Å²) in [6.07, 6.45) is 11.9. The molecule has 0 bridgehead atoms. The molecule has 40 heavy (non-hydrogen) atoms. The Kier molecular flexibility index (Phi) is 5.36. The Hall–Kier alpha value is -4.65. The third-order valence-corrected chi connectivity index (χ3v) is 9.70. The molecule has 6 aromatic rings. The van der Waals surface area contributed by atoms with Gasteiger partial charge in [-0.1, -0.05) is 85.0 Å². The van der Waals surface area contributed by atoms with Crippen LogP contribution in [0.25, 0.3) is 54.8 Å². The summed E-state index contributed by atoms with van der Waals surface area (Å²) in [4.78, 5) is 1.48. The molecule has 0 aliphatic heterocycles. The van der Waals surface area contributed by atoms with Crippen molar-refractivity contribution < 1.29 is 0 Å². The molecule has 2 aliphatic carbocycles. The maximum Gasteiger partial charge on any atom is 0.0759 e. The summed E-state index contributed by atoms with van der Waals surface area (Å²) in [5, 5.41) is 14.2. The monoisotopic (exact) mass is 530 g/mol. The second-order valence-corrected chi connectivity index (χ2v) is 11.8. The average Bonchev–Trinajstić information content (AvgIpc) is 3.56. The van der Waals surface area contributed by atoms with Crippen LogP contribution in [0.5, 0.6) is 0 Å². The van der Waals surface area contributed by atoms with E-state index in [1.165, 1.54) is 53.5 Å². The van der Waals surface area contributed by atoms with Gasteiger partial charge in [-0.25, -0.2) is 0 Å². The van der Waals surface area contributed by atoms with E-state index in [1.807, 2.05) is 11.3 Å². The minimum Gasteiger partial charge on any atom is -0.309 e. The van der Waals surface area contributed by atoms with Gasteiger partial charge in [0.15, 0.2) is 0 Å². The van der Waals surface area contributed by atoms with Crippen molar-refractivity contribution in [3.63, 3.8) is 0 Å². The van der Waals surface area contributed by atoms with Crippen molar-refractivity contribution in [2.75, 3.05) is 0 Å². The maximum atomic E-state index is 10.4. The molecule has 0 spiro atoms. The molecule has 190 valence electrons. The zero-order chi connectivity index (χ0) is 26.6. The number of rotatable bonds is 3. The first-order valence-corrected chi connectivity index (χ1v) is 14.7. The molecule has 2 aromatic heterocycles. The number of aryl methyl sites for hydroxylation is 1. The fourth-order valence-electron chi connectivity index (χ4n) is 6.57. The number of aromatic nitrogens is 1. The predicted molar refractivity (Wildman–Crippen MR) is 170 cm³/mol. The lowest BCUT2D eigenvalue weighted by Gasteiger charge is -2.23. The quantitative estimate of drug-likeness (QED) is 0.224. The molecule has 0 fully saturated rings. The summed E-state index contributed by atoms with van der Waals surface area (Å²) in [6.45, 7) is 0. The number of para-hydroxylation sites is 3. The van der Waals surface area contributed by atoms with Crippen molar-refractivity contribution in [3.05, 3.63) is 131 Å². The lowest BCUT2D eigenvalue weighted by molar-refractivity contribution is 0.872. The first-order chi connectivity index (χ1) is 19.8. The molecular weight excluding hydrogens is 504 g/mol. The summed E-state index contributed by atoms with van der Waals surface area (Å²) in [5.41, 5.74) is 9.56. The molecule has 0 amide bonds. The van der Waals surface area contributed by atoms with Gasteiger partial charge in [0, 0.05) is 31.3 Å². The van der Waals surface area contributed by atoms with Gasteiger partial charge >= 0.3 is 0 Å². The molecule has 0 N–H and O–H groups in total. The molecule has 4 aromatic carbocycles. The smallest absolute Gasteiger partial charge is 0.0759 e. The molecular formula is C37H26N2S. The number of hydrogen-bond donors (Lipinski definition) is 0. The average molecular weight is 531 g/mol. The number of benzene rings is 4. The van der Waals surface area contributed by atoms with E-state index in [0.717, 1.165) is 29.7 Å².